The zero-order valence-electron chi connectivity index (χ0n) is 11.8. The van der Waals surface area contributed by atoms with Crippen molar-refractivity contribution in [3.8, 4) is 0 Å². The van der Waals surface area contributed by atoms with E-state index in [1.807, 2.05) is 13.0 Å². The first-order chi connectivity index (χ1) is 10.0. The fourth-order valence-corrected chi connectivity index (χ4v) is 2.37. The first-order valence-corrected chi connectivity index (χ1v) is 7.23. The summed E-state index contributed by atoms with van der Waals surface area (Å²) in [5.41, 5.74) is 0.364. The SMILES string of the molecule is COC[C@@H](C)NC(=O)Cn1cnc2ccc(Br)cc2c1=O. The molecule has 2 aromatic rings. The zero-order chi connectivity index (χ0) is 15.4. The quantitative estimate of drug-likeness (QED) is 0.879. The number of nitrogens with zero attached hydrogens (tertiary/aromatic N) is 2. The third kappa shape index (κ3) is 3.89. The van der Waals surface area contributed by atoms with Crippen LogP contribution in [0.1, 0.15) is 6.92 Å². The maximum atomic E-state index is 12.3. The van der Waals surface area contributed by atoms with E-state index < -0.39 is 0 Å². The van der Waals surface area contributed by atoms with E-state index in [-0.39, 0.29) is 24.1 Å². The lowest BCUT2D eigenvalue weighted by Crippen LogP contribution is -2.39. The Kier molecular flexibility index (Phi) is 5.08. The van der Waals surface area contributed by atoms with Crippen LogP contribution in [0.15, 0.2) is 33.8 Å². The van der Waals surface area contributed by atoms with E-state index in [2.05, 4.69) is 26.2 Å². The Morgan fingerprint density at radius 1 is 1.52 bits per heavy atom. The molecule has 6 nitrogen and oxygen atoms in total. The highest BCUT2D eigenvalue weighted by Gasteiger charge is 2.10. The largest absolute Gasteiger partial charge is 0.383 e. The van der Waals surface area contributed by atoms with Gasteiger partial charge >= 0.3 is 0 Å². The monoisotopic (exact) mass is 353 g/mol. The van der Waals surface area contributed by atoms with Gasteiger partial charge in [0.2, 0.25) is 5.91 Å². The Morgan fingerprint density at radius 3 is 3.00 bits per heavy atom. The number of amides is 1. The Bertz CT molecular complexity index is 714. The molecule has 1 heterocycles. The number of rotatable bonds is 5. The van der Waals surface area contributed by atoms with Crippen molar-refractivity contribution >= 4 is 32.7 Å². The molecule has 1 atom stereocenters. The summed E-state index contributed by atoms with van der Waals surface area (Å²) in [4.78, 5) is 28.4. The van der Waals surface area contributed by atoms with Gasteiger partial charge in [0.05, 0.1) is 23.8 Å². The van der Waals surface area contributed by atoms with Crippen LogP contribution in [-0.4, -0.2) is 35.2 Å². The average Bonchev–Trinajstić information content (AvgIpc) is 2.42. The normalized spacial score (nSPS) is 12.3. The Labute approximate surface area is 130 Å². The van der Waals surface area contributed by atoms with Gasteiger partial charge in [-0.05, 0) is 25.1 Å². The van der Waals surface area contributed by atoms with Crippen molar-refractivity contribution in [2.24, 2.45) is 0 Å². The van der Waals surface area contributed by atoms with Gasteiger partial charge in [0.15, 0.2) is 0 Å². The fraction of sp³-hybridized carbons (Fsp3) is 0.357. The number of carbonyl (C=O) groups excluding carboxylic acids is 1. The summed E-state index contributed by atoms with van der Waals surface area (Å²) >= 11 is 3.32. The number of nitrogens with one attached hydrogen (secondary N) is 1. The Morgan fingerprint density at radius 2 is 2.29 bits per heavy atom. The van der Waals surface area contributed by atoms with Crippen LogP contribution in [-0.2, 0) is 16.1 Å². The molecule has 7 heteroatoms. The van der Waals surface area contributed by atoms with E-state index in [0.29, 0.717) is 17.5 Å². The summed E-state index contributed by atoms with van der Waals surface area (Å²) in [6.07, 6.45) is 1.39. The highest BCUT2D eigenvalue weighted by atomic mass is 79.9. The second-order valence-corrected chi connectivity index (χ2v) is 5.68. The molecule has 2 rings (SSSR count). The minimum Gasteiger partial charge on any atom is -0.383 e. The van der Waals surface area contributed by atoms with Crippen LogP contribution >= 0.6 is 15.9 Å². The van der Waals surface area contributed by atoms with Gasteiger partial charge in [0.25, 0.3) is 5.56 Å². The number of halogens is 1. The highest BCUT2D eigenvalue weighted by molar-refractivity contribution is 9.10. The van der Waals surface area contributed by atoms with Crippen LogP contribution in [0.5, 0.6) is 0 Å². The van der Waals surface area contributed by atoms with E-state index in [9.17, 15) is 9.59 Å². The van der Waals surface area contributed by atoms with Crippen LogP contribution in [0.3, 0.4) is 0 Å². The molecule has 1 aromatic carbocycles. The van der Waals surface area contributed by atoms with Gasteiger partial charge in [-0.2, -0.15) is 0 Å². The highest BCUT2D eigenvalue weighted by Crippen LogP contribution is 2.14. The summed E-state index contributed by atoms with van der Waals surface area (Å²) in [5.74, 6) is -0.252. The van der Waals surface area contributed by atoms with E-state index in [0.717, 1.165) is 4.47 Å². The molecule has 1 amide bonds. The van der Waals surface area contributed by atoms with Crippen LogP contribution < -0.4 is 10.9 Å². The van der Waals surface area contributed by atoms with Crippen molar-refractivity contribution in [3.63, 3.8) is 0 Å². The van der Waals surface area contributed by atoms with Gasteiger partial charge in [-0.3, -0.25) is 14.2 Å². The van der Waals surface area contributed by atoms with Gasteiger partial charge in [0.1, 0.15) is 6.54 Å². The molecule has 112 valence electrons. The number of hydrogen-bond donors (Lipinski definition) is 1. The van der Waals surface area contributed by atoms with Gasteiger partial charge in [-0.25, -0.2) is 4.98 Å². The van der Waals surface area contributed by atoms with Gasteiger partial charge < -0.3 is 10.1 Å². The zero-order valence-corrected chi connectivity index (χ0v) is 13.4. The number of fused-ring (bicyclic) bond motifs is 1. The predicted molar refractivity (Wildman–Crippen MR) is 83.2 cm³/mol. The smallest absolute Gasteiger partial charge is 0.261 e. The molecule has 0 radical (unpaired) electrons. The van der Waals surface area contributed by atoms with Gasteiger partial charge in [0, 0.05) is 17.6 Å². The van der Waals surface area contributed by atoms with Gasteiger partial charge in [-0.1, -0.05) is 15.9 Å². The molecule has 0 spiro atoms. The fourth-order valence-electron chi connectivity index (χ4n) is 2.01. The number of aromatic nitrogens is 2. The molecule has 21 heavy (non-hydrogen) atoms. The van der Waals surface area contributed by atoms with Crippen molar-refractivity contribution in [1.29, 1.82) is 0 Å². The maximum absolute atomic E-state index is 12.3. The van der Waals surface area contributed by atoms with Gasteiger partial charge in [-0.15, -0.1) is 0 Å². The molecular weight excluding hydrogens is 338 g/mol. The molecule has 0 unspecified atom stereocenters. The van der Waals surface area contributed by atoms with Crippen molar-refractivity contribution in [3.05, 3.63) is 39.4 Å². The molecule has 0 saturated heterocycles. The number of benzene rings is 1. The topological polar surface area (TPSA) is 73.2 Å². The lowest BCUT2D eigenvalue weighted by atomic mass is 10.2. The van der Waals surface area contributed by atoms with Crippen LogP contribution in [0.2, 0.25) is 0 Å². The predicted octanol–water partition coefficient (Wildman–Crippen LogP) is 1.31. The molecule has 0 aliphatic carbocycles. The van der Waals surface area contributed by atoms with E-state index >= 15 is 0 Å². The Balaban J connectivity index is 2.21. The summed E-state index contributed by atoms with van der Waals surface area (Å²) in [6.45, 7) is 2.19. The van der Waals surface area contributed by atoms with Crippen molar-refractivity contribution in [1.82, 2.24) is 14.9 Å². The third-order valence-electron chi connectivity index (χ3n) is 2.92. The summed E-state index contributed by atoms with van der Waals surface area (Å²) in [5, 5.41) is 3.23. The Hall–Kier alpha value is -1.73. The number of hydrogen-bond acceptors (Lipinski definition) is 4. The summed E-state index contributed by atoms with van der Waals surface area (Å²) in [7, 11) is 1.57. The summed E-state index contributed by atoms with van der Waals surface area (Å²) in [6, 6.07) is 5.16. The maximum Gasteiger partial charge on any atom is 0.261 e. The first-order valence-electron chi connectivity index (χ1n) is 6.44. The first kappa shape index (κ1) is 15.7. The second kappa shape index (κ2) is 6.82. The molecule has 0 fully saturated rings. The minimum absolute atomic E-state index is 0.0671. The molecule has 0 saturated carbocycles. The molecule has 0 aliphatic heterocycles. The minimum atomic E-state index is -0.252. The third-order valence-corrected chi connectivity index (χ3v) is 3.42. The van der Waals surface area contributed by atoms with Crippen LogP contribution in [0.4, 0.5) is 0 Å². The van der Waals surface area contributed by atoms with E-state index in [4.69, 9.17) is 4.74 Å². The lowest BCUT2D eigenvalue weighted by Gasteiger charge is -2.13. The number of methoxy groups -OCH3 is 1. The standard InChI is InChI=1S/C14H16BrN3O3/c1-9(7-21-2)17-13(19)6-18-8-16-12-4-3-10(15)5-11(12)14(18)20/h3-5,8-9H,6-7H2,1-2H3,(H,17,19)/t9-/m1/s1. The van der Waals surface area contributed by atoms with E-state index in [1.54, 1.807) is 19.2 Å². The number of carbonyl (C=O) groups is 1. The second-order valence-electron chi connectivity index (χ2n) is 4.76. The van der Waals surface area contributed by atoms with E-state index in [1.165, 1.54) is 10.9 Å². The molecular formula is C14H16BrN3O3. The molecule has 0 bridgehead atoms. The van der Waals surface area contributed by atoms with Crippen molar-refractivity contribution < 1.29 is 9.53 Å². The molecule has 1 N–H and O–H groups in total. The average molecular weight is 354 g/mol. The van der Waals surface area contributed by atoms with Crippen LogP contribution in [0, 0.1) is 0 Å². The lowest BCUT2D eigenvalue weighted by molar-refractivity contribution is -0.122. The van der Waals surface area contributed by atoms with Crippen molar-refractivity contribution in [2.45, 2.75) is 19.5 Å². The molecule has 0 aliphatic rings. The molecule has 1 aromatic heterocycles. The number of ether oxygens (including phenoxy) is 1. The summed E-state index contributed by atoms with van der Waals surface area (Å²) < 4.78 is 7.04. The van der Waals surface area contributed by atoms with Crippen molar-refractivity contribution in [2.75, 3.05) is 13.7 Å². The van der Waals surface area contributed by atoms with Crippen LogP contribution in [0.25, 0.3) is 10.9 Å².